The Morgan fingerprint density at radius 3 is 2.56 bits per heavy atom. The number of rotatable bonds is 4. The lowest BCUT2D eigenvalue weighted by Crippen LogP contribution is -2.31. The molecular formula is C13H15ClN4. The van der Waals surface area contributed by atoms with Crippen LogP contribution in [0.5, 0.6) is 0 Å². The van der Waals surface area contributed by atoms with Gasteiger partial charge in [-0.15, -0.1) is 0 Å². The van der Waals surface area contributed by atoms with Crippen LogP contribution < -0.4 is 11.3 Å². The van der Waals surface area contributed by atoms with E-state index in [0.717, 1.165) is 16.1 Å². The van der Waals surface area contributed by atoms with Crippen molar-refractivity contribution in [2.75, 3.05) is 0 Å². The maximum Gasteiger partial charge on any atom is 0.146 e. The number of nitrogens with two attached hydrogens (primary N) is 1. The minimum absolute atomic E-state index is 0.148. The molecule has 1 heterocycles. The fourth-order valence-corrected chi connectivity index (χ4v) is 1.90. The van der Waals surface area contributed by atoms with E-state index < -0.39 is 0 Å². The van der Waals surface area contributed by atoms with Crippen LogP contribution in [0.25, 0.3) is 0 Å². The van der Waals surface area contributed by atoms with E-state index in [0.29, 0.717) is 12.2 Å². The first-order valence-electron chi connectivity index (χ1n) is 5.69. The fourth-order valence-electron chi connectivity index (χ4n) is 1.69. The summed E-state index contributed by atoms with van der Waals surface area (Å²) in [5.41, 5.74) is 4.77. The molecule has 0 amide bonds. The highest BCUT2D eigenvalue weighted by molar-refractivity contribution is 6.31. The molecule has 1 atom stereocenters. The molecule has 4 nitrogen and oxygen atoms in total. The van der Waals surface area contributed by atoms with Crippen LogP contribution in [0, 0.1) is 6.92 Å². The Hall–Kier alpha value is -1.49. The van der Waals surface area contributed by atoms with E-state index in [2.05, 4.69) is 15.4 Å². The van der Waals surface area contributed by atoms with Crippen molar-refractivity contribution in [3.8, 4) is 0 Å². The standard InChI is InChI=1S/C13H15ClN4/c1-9-7-16-13(17-8-9)12(18-15)6-10-4-2-3-5-11(10)14/h2-5,7-8,12,18H,6,15H2,1H3. The second kappa shape index (κ2) is 5.91. The second-order valence-electron chi connectivity index (χ2n) is 4.13. The zero-order valence-corrected chi connectivity index (χ0v) is 10.9. The molecule has 0 saturated carbocycles. The van der Waals surface area contributed by atoms with Crippen LogP contribution in [0.4, 0.5) is 0 Å². The number of hydrogen-bond donors (Lipinski definition) is 2. The number of nitrogens with one attached hydrogen (secondary N) is 1. The van der Waals surface area contributed by atoms with Gasteiger partial charge in [-0.3, -0.25) is 5.84 Å². The highest BCUT2D eigenvalue weighted by atomic mass is 35.5. The van der Waals surface area contributed by atoms with Crippen molar-refractivity contribution in [1.82, 2.24) is 15.4 Å². The van der Waals surface area contributed by atoms with Crippen molar-refractivity contribution in [1.29, 1.82) is 0 Å². The minimum atomic E-state index is -0.148. The van der Waals surface area contributed by atoms with Gasteiger partial charge in [0, 0.05) is 17.4 Å². The number of benzene rings is 1. The molecule has 18 heavy (non-hydrogen) atoms. The quantitative estimate of drug-likeness (QED) is 0.655. The Bertz CT molecular complexity index is 513. The summed E-state index contributed by atoms with van der Waals surface area (Å²) in [6.45, 7) is 1.95. The topological polar surface area (TPSA) is 63.8 Å². The number of aryl methyl sites for hydroxylation is 1. The van der Waals surface area contributed by atoms with E-state index in [1.54, 1.807) is 12.4 Å². The lowest BCUT2D eigenvalue weighted by molar-refractivity contribution is 0.522. The van der Waals surface area contributed by atoms with Crippen LogP contribution >= 0.6 is 11.6 Å². The van der Waals surface area contributed by atoms with Gasteiger partial charge in [0.1, 0.15) is 5.82 Å². The van der Waals surface area contributed by atoms with Gasteiger partial charge in [0.2, 0.25) is 0 Å². The third-order valence-corrected chi connectivity index (χ3v) is 3.06. The summed E-state index contributed by atoms with van der Waals surface area (Å²) < 4.78 is 0. The maximum atomic E-state index is 6.13. The van der Waals surface area contributed by atoms with Crippen molar-refractivity contribution in [2.45, 2.75) is 19.4 Å². The SMILES string of the molecule is Cc1cnc(C(Cc2ccccc2Cl)NN)nc1. The zero-order valence-electron chi connectivity index (χ0n) is 10.1. The molecule has 5 heteroatoms. The first-order chi connectivity index (χ1) is 8.70. The molecule has 1 aromatic heterocycles. The van der Waals surface area contributed by atoms with Crippen LogP contribution in [0.3, 0.4) is 0 Å². The average molecular weight is 263 g/mol. The van der Waals surface area contributed by atoms with Crippen LogP contribution in [0.1, 0.15) is 23.0 Å². The highest BCUT2D eigenvalue weighted by Crippen LogP contribution is 2.21. The van der Waals surface area contributed by atoms with E-state index in [9.17, 15) is 0 Å². The Morgan fingerprint density at radius 1 is 1.28 bits per heavy atom. The highest BCUT2D eigenvalue weighted by Gasteiger charge is 2.14. The summed E-state index contributed by atoms with van der Waals surface area (Å²) in [6, 6.07) is 7.54. The van der Waals surface area contributed by atoms with Gasteiger partial charge in [0.05, 0.1) is 6.04 Å². The predicted molar refractivity (Wildman–Crippen MR) is 72.0 cm³/mol. The molecular weight excluding hydrogens is 248 g/mol. The van der Waals surface area contributed by atoms with Crippen LogP contribution in [0.2, 0.25) is 5.02 Å². The Balaban J connectivity index is 2.20. The number of hydrogen-bond acceptors (Lipinski definition) is 4. The van der Waals surface area contributed by atoms with Gasteiger partial charge in [-0.25, -0.2) is 15.4 Å². The molecule has 0 aliphatic carbocycles. The van der Waals surface area contributed by atoms with Gasteiger partial charge in [-0.1, -0.05) is 29.8 Å². The van der Waals surface area contributed by atoms with Gasteiger partial charge in [-0.2, -0.15) is 0 Å². The Labute approximate surface area is 111 Å². The number of halogens is 1. The lowest BCUT2D eigenvalue weighted by Gasteiger charge is -2.15. The molecule has 1 unspecified atom stereocenters. The smallest absolute Gasteiger partial charge is 0.146 e. The van der Waals surface area contributed by atoms with Crippen molar-refractivity contribution < 1.29 is 0 Å². The molecule has 1 aromatic carbocycles. The number of aromatic nitrogens is 2. The molecule has 0 radical (unpaired) electrons. The van der Waals surface area contributed by atoms with Crippen molar-refractivity contribution in [2.24, 2.45) is 5.84 Å². The van der Waals surface area contributed by atoms with E-state index in [-0.39, 0.29) is 6.04 Å². The average Bonchev–Trinajstić information content (AvgIpc) is 2.39. The summed E-state index contributed by atoms with van der Waals surface area (Å²) in [6.07, 6.45) is 4.21. The molecule has 3 N–H and O–H groups in total. The molecule has 2 aromatic rings. The zero-order chi connectivity index (χ0) is 13.0. The molecule has 0 aliphatic rings. The number of nitrogens with zero attached hydrogens (tertiary/aromatic N) is 2. The van der Waals surface area contributed by atoms with E-state index in [1.165, 1.54) is 0 Å². The summed E-state index contributed by atoms with van der Waals surface area (Å²) in [5.74, 6) is 6.24. The normalized spacial score (nSPS) is 12.4. The van der Waals surface area contributed by atoms with Gasteiger partial charge in [-0.05, 0) is 30.5 Å². The molecule has 0 bridgehead atoms. The number of hydrazine groups is 1. The van der Waals surface area contributed by atoms with E-state index in [1.807, 2.05) is 31.2 Å². The second-order valence-corrected chi connectivity index (χ2v) is 4.54. The Kier molecular flexibility index (Phi) is 4.25. The lowest BCUT2D eigenvalue weighted by atomic mass is 10.1. The predicted octanol–water partition coefficient (Wildman–Crippen LogP) is 2.19. The molecule has 94 valence electrons. The largest absolute Gasteiger partial charge is 0.271 e. The Morgan fingerprint density at radius 2 is 1.94 bits per heavy atom. The first kappa shape index (κ1) is 13.0. The van der Waals surface area contributed by atoms with Gasteiger partial charge in [0.25, 0.3) is 0 Å². The molecule has 0 saturated heterocycles. The van der Waals surface area contributed by atoms with E-state index >= 15 is 0 Å². The van der Waals surface area contributed by atoms with E-state index in [4.69, 9.17) is 17.4 Å². The third-order valence-electron chi connectivity index (χ3n) is 2.70. The van der Waals surface area contributed by atoms with Crippen LogP contribution in [-0.2, 0) is 6.42 Å². The first-order valence-corrected chi connectivity index (χ1v) is 6.06. The molecule has 0 aliphatic heterocycles. The molecule has 0 fully saturated rings. The minimum Gasteiger partial charge on any atom is -0.271 e. The third kappa shape index (κ3) is 3.04. The van der Waals surface area contributed by atoms with Crippen LogP contribution in [-0.4, -0.2) is 9.97 Å². The molecule has 2 rings (SSSR count). The summed E-state index contributed by atoms with van der Waals surface area (Å²) in [5, 5.41) is 0.727. The summed E-state index contributed by atoms with van der Waals surface area (Å²) >= 11 is 6.13. The van der Waals surface area contributed by atoms with Gasteiger partial charge in [0.15, 0.2) is 0 Å². The van der Waals surface area contributed by atoms with Crippen LogP contribution in [0.15, 0.2) is 36.7 Å². The van der Waals surface area contributed by atoms with Gasteiger partial charge >= 0.3 is 0 Å². The summed E-state index contributed by atoms with van der Waals surface area (Å²) in [4.78, 5) is 8.56. The monoisotopic (exact) mass is 262 g/mol. The fraction of sp³-hybridized carbons (Fsp3) is 0.231. The summed E-state index contributed by atoms with van der Waals surface area (Å²) in [7, 11) is 0. The van der Waals surface area contributed by atoms with Gasteiger partial charge < -0.3 is 0 Å². The van der Waals surface area contributed by atoms with Crippen molar-refractivity contribution in [3.05, 3.63) is 58.6 Å². The van der Waals surface area contributed by atoms with Crippen molar-refractivity contribution in [3.63, 3.8) is 0 Å². The molecule has 0 spiro atoms. The van der Waals surface area contributed by atoms with Crippen molar-refractivity contribution >= 4 is 11.6 Å². The maximum absolute atomic E-state index is 6.13.